The number of hydrogen-bond acceptors (Lipinski definition) is 4. The maximum atomic E-state index is 5.79. The van der Waals surface area contributed by atoms with Gasteiger partial charge >= 0.3 is 0 Å². The molecule has 2 rings (SSSR count). The average molecular weight is 215 g/mol. The Kier molecular flexibility index (Phi) is 2.72. The fourth-order valence-electron chi connectivity index (χ4n) is 1.29. The van der Waals surface area contributed by atoms with E-state index in [1.54, 1.807) is 12.4 Å². The number of nitrogens with two attached hydrogens (primary N) is 1. The van der Waals surface area contributed by atoms with Gasteiger partial charge in [-0.15, -0.1) is 0 Å². The maximum absolute atomic E-state index is 5.79. The molecular weight excluding hydrogens is 202 g/mol. The van der Waals surface area contributed by atoms with E-state index in [9.17, 15) is 0 Å². The third kappa shape index (κ3) is 2.28. The number of aromatic nitrogens is 2. The van der Waals surface area contributed by atoms with Crippen molar-refractivity contribution in [3.05, 3.63) is 41.9 Å². The molecule has 0 bridgehead atoms. The minimum Gasteiger partial charge on any atom is -0.435 e. The van der Waals surface area contributed by atoms with Gasteiger partial charge in [0.05, 0.1) is 11.9 Å². The van der Waals surface area contributed by atoms with Crippen molar-refractivity contribution >= 4 is 5.69 Å². The number of rotatable bonds is 2. The number of hydrogen-bond donors (Lipinski definition) is 1. The quantitative estimate of drug-likeness (QED) is 0.835. The van der Waals surface area contributed by atoms with E-state index >= 15 is 0 Å². The van der Waals surface area contributed by atoms with Gasteiger partial charge in [0.2, 0.25) is 5.88 Å². The second-order valence-corrected chi connectivity index (χ2v) is 3.64. The fourth-order valence-corrected chi connectivity index (χ4v) is 1.29. The Balaban J connectivity index is 2.23. The van der Waals surface area contributed by atoms with E-state index in [1.807, 2.05) is 32.0 Å². The van der Waals surface area contributed by atoms with Crippen LogP contribution in [0, 0.1) is 13.8 Å². The molecule has 4 heteroatoms. The van der Waals surface area contributed by atoms with Crippen LogP contribution in [-0.4, -0.2) is 9.97 Å². The van der Waals surface area contributed by atoms with Gasteiger partial charge in [-0.2, -0.15) is 0 Å². The zero-order chi connectivity index (χ0) is 11.5. The molecule has 0 aliphatic carbocycles. The molecule has 4 nitrogen and oxygen atoms in total. The summed E-state index contributed by atoms with van der Waals surface area (Å²) in [6.07, 6.45) is 3.36. The lowest BCUT2D eigenvalue weighted by atomic mass is 10.3. The van der Waals surface area contributed by atoms with Gasteiger partial charge in [0, 0.05) is 11.9 Å². The number of nitrogen functional groups attached to an aromatic ring is 1. The summed E-state index contributed by atoms with van der Waals surface area (Å²) >= 11 is 0. The first-order chi connectivity index (χ1) is 7.65. The van der Waals surface area contributed by atoms with E-state index in [-0.39, 0.29) is 0 Å². The summed E-state index contributed by atoms with van der Waals surface area (Å²) in [5.74, 6) is 1.05. The molecule has 0 aliphatic rings. The van der Waals surface area contributed by atoms with Crippen molar-refractivity contribution in [1.29, 1.82) is 0 Å². The Bertz CT molecular complexity index is 494. The molecular formula is C12H13N3O. The lowest BCUT2D eigenvalue weighted by Crippen LogP contribution is -1.96. The van der Waals surface area contributed by atoms with Gasteiger partial charge in [0.25, 0.3) is 0 Å². The van der Waals surface area contributed by atoms with E-state index in [0.717, 1.165) is 11.3 Å². The SMILES string of the molecule is Cc1cnc(Oc2ccc(C)nc2)c(N)c1. The minimum absolute atomic E-state index is 0.413. The summed E-state index contributed by atoms with van der Waals surface area (Å²) in [6, 6.07) is 5.53. The van der Waals surface area contributed by atoms with Crippen molar-refractivity contribution in [2.75, 3.05) is 5.73 Å². The van der Waals surface area contributed by atoms with Crippen molar-refractivity contribution in [3.8, 4) is 11.6 Å². The van der Waals surface area contributed by atoms with E-state index in [1.165, 1.54) is 0 Å². The Labute approximate surface area is 94.1 Å². The van der Waals surface area contributed by atoms with Crippen LogP contribution in [0.1, 0.15) is 11.3 Å². The lowest BCUT2D eigenvalue weighted by molar-refractivity contribution is 0.463. The van der Waals surface area contributed by atoms with E-state index < -0.39 is 0 Å². The third-order valence-corrected chi connectivity index (χ3v) is 2.11. The molecule has 16 heavy (non-hydrogen) atoms. The first-order valence-corrected chi connectivity index (χ1v) is 4.98. The Morgan fingerprint density at radius 1 is 1.12 bits per heavy atom. The summed E-state index contributed by atoms with van der Waals surface area (Å²) in [5, 5.41) is 0. The summed E-state index contributed by atoms with van der Waals surface area (Å²) < 4.78 is 5.52. The zero-order valence-electron chi connectivity index (χ0n) is 9.27. The van der Waals surface area contributed by atoms with E-state index in [0.29, 0.717) is 17.3 Å². The first kappa shape index (κ1) is 10.4. The second-order valence-electron chi connectivity index (χ2n) is 3.64. The summed E-state index contributed by atoms with van der Waals surface area (Å²) in [4.78, 5) is 8.25. The predicted octanol–water partition coefficient (Wildman–Crippen LogP) is 2.47. The molecule has 0 atom stereocenters. The van der Waals surface area contributed by atoms with Crippen molar-refractivity contribution in [3.63, 3.8) is 0 Å². The van der Waals surface area contributed by atoms with Crippen molar-refractivity contribution in [2.24, 2.45) is 0 Å². The van der Waals surface area contributed by atoms with Gasteiger partial charge < -0.3 is 10.5 Å². The van der Waals surface area contributed by atoms with Gasteiger partial charge in [-0.1, -0.05) is 0 Å². The number of pyridine rings is 2. The van der Waals surface area contributed by atoms with E-state index in [4.69, 9.17) is 10.5 Å². The molecule has 0 amide bonds. The van der Waals surface area contributed by atoms with Crippen molar-refractivity contribution < 1.29 is 4.74 Å². The minimum atomic E-state index is 0.413. The Morgan fingerprint density at radius 3 is 2.56 bits per heavy atom. The average Bonchev–Trinajstić information content (AvgIpc) is 2.25. The van der Waals surface area contributed by atoms with Crippen LogP contribution < -0.4 is 10.5 Å². The molecule has 82 valence electrons. The smallest absolute Gasteiger partial charge is 0.242 e. The number of nitrogens with zero attached hydrogens (tertiary/aromatic N) is 2. The van der Waals surface area contributed by atoms with Crippen LogP contribution in [0.4, 0.5) is 5.69 Å². The molecule has 0 radical (unpaired) electrons. The Hall–Kier alpha value is -2.10. The monoisotopic (exact) mass is 215 g/mol. The third-order valence-electron chi connectivity index (χ3n) is 2.11. The van der Waals surface area contributed by atoms with Crippen LogP contribution in [0.15, 0.2) is 30.6 Å². The molecule has 2 aromatic heterocycles. The van der Waals surface area contributed by atoms with Crippen LogP contribution in [-0.2, 0) is 0 Å². The molecule has 0 aliphatic heterocycles. The first-order valence-electron chi connectivity index (χ1n) is 4.98. The van der Waals surface area contributed by atoms with Gasteiger partial charge in [-0.3, -0.25) is 4.98 Å². The predicted molar refractivity (Wildman–Crippen MR) is 62.4 cm³/mol. The molecule has 0 fully saturated rings. The molecule has 2 heterocycles. The van der Waals surface area contributed by atoms with Gasteiger partial charge in [-0.05, 0) is 37.6 Å². The lowest BCUT2D eigenvalue weighted by Gasteiger charge is -2.07. The number of aryl methyl sites for hydroxylation is 2. The molecule has 0 saturated heterocycles. The van der Waals surface area contributed by atoms with Crippen molar-refractivity contribution in [1.82, 2.24) is 9.97 Å². The maximum Gasteiger partial charge on any atom is 0.242 e. The standard InChI is InChI=1S/C12H13N3O/c1-8-5-11(13)12(15-6-8)16-10-4-3-9(2)14-7-10/h3-7H,13H2,1-2H3. The molecule has 0 spiro atoms. The zero-order valence-corrected chi connectivity index (χ0v) is 9.27. The molecule has 0 aromatic carbocycles. The summed E-state index contributed by atoms with van der Waals surface area (Å²) in [6.45, 7) is 3.85. The topological polar surface area (TPSA) is 61.0 Å². The molecule has 0 unspecified atom stereocenters. The van der Waals surface area contributed by atoms with Crippen LogP contribution in [0.5, 0.6) is 11.6 Å². The second kappa shape index (κ2) is 4.18. The fraction of sp³-hybridized carbons (Fsp3) is 0.167. The largest absolute Gasteiger partial charge is 0.435 e. The number of ether oxygens (including phenoxy) is 1. The molecule has 2 N–H and O–H groups in total. The Morgan fingerprint density at radius 2 is 1.94 bits per heavy atom. The van der Waals surface area contributed by atoms with Crippen LogP contribution in [0.25, 0.3) is 0 Å². The summed E-state index contributed by atoms with van der Waals surface area (Å²) in [7, 11) is 0. The van der Waals surface area contributed by atoms with Crippen LogP contribution in [0.3, 0.4) is 0 Å². The van der Waals surface area contributed by atoms with Crippen LogP contribution >= 0.6 is 0 Å². The molecule has 0 saturated carbocycles. The molecule has 2 aromatic rings. The number of anilines is 1. The van der Waals surface area contributed by atoms with Gasteiger partial charge in [0.15, 0.2) is 0 Å². The highest BCUT2D eigenvalue weighted by molar-refractivity contribution is 5.50. The van der Waals surface area contributed by atoms with Crippen molar-refractivity contribution in [2.45, 2.75) is 13.8 Å². The highest BCUT2D eigenvalue weighted by Gasteiger charge is 2.03. The normalized spacial score (nSPS) is 10.1. The van der Waals surface area contributed by atoms with Crippen LogP contribution in [0.2, 0.25) is 0 Å². The van der Waals surface area contributed by atoms with Gasteiger partial charge in [-0.25, -0.2) is 4.98 Å². The highest BCUT2D eigenvalue weighted by atomic mass is 16.5. The summed E-state index contributed by atoms with van der Waals surface area (Å²) in [5.41, 5.74) is 8.27. The highest BCUT2D eigenvalue weighted by Crippen LogP contribution is 2.24. The van der Waals surface area contributed by atoms with Gasteiger partial charge in [0.1, 0.15) is 5.75 Å². The van der Waals surface area contributed by atoms with E-state index in [2.05, 4.69) is 9.97 Å².